The molecule has 1 amide bonds. The number of hydrogen-bond acceptors (Lipinski definition) is 5. The highest BCUT2D eigenvalue weighted by Crippen LogP contribution is 2.41. The summed E-state index contributed by atoms with van der Waals surface area (Å²) in [6.45, 7) is 0. The first kappa shape index (κ1) is 18.7. The maximum Gasteiger partial charge on any atom is 0.339 e. The summed E-state index contributed by atoms with van der Waals surface area (Å²) in [5.41, 5.74) is 13.0. The third kappa shape index (κ3) is 3.13. The molecule has 0 saturated carbocycles. The largest absolute Gasteiger partial charge is 0.437 e. The van der Waals surface area contributed by atoms with Crippen LogP contribution in [0.2, 0.25) is 0 Å². The lowest BCUT2D eigenvalue weighted by molar-refractivity contribution is -0.150. The van der Waals surface area contributed by atoms with Crippen molar-refractivity contribution in [1.29, 1.82) is 0 Å². The summed E-state index contributed by atoms with van der Waals surface area (Å²) >= 11 is 0. The molecule has 29 heavy (non-hydrogen) atoms. The van der Waals surface area contributed by atoms with Gasteiger partial charge in [0.2, 0.25) is 5.60 Å². The Hall–Kier alpha value is -3.64. The number of primary amides is 1. The van der Waals surface area contributed by atoms with Gasteiger partial charge in [-0.05, 0) is 41.0 Å². The first-order chi connectivity index (χ1) is 13.9. The SMILES string of the molecule is NC(=O)C1(OC(=O)c2ccc(-c3ccccc3)cc2)c2cc(N)ccc2CC1O. The van der Waals surface area contributed by atoms with Crippen LogP contribution < -0.4 is 11.5 Å². The number of esters is 1. The van der Waals surface area contributed by atoms with Crippen LogP contribution in [0.4, 0.5) is 5.69 Å². The van der Waals surface area contributed by atoms with Crippen LogP contribution in [0, 0.1) is 0 Å². The van der Waals surface area contributed by atoms with Crippen LogP contribution in [-0.4, -0.2) is 23.1 Å². The summed E-state index contributed by atoms with van der Waals surface area (Å²) in [4.78, 5) is 25.2. The van der Waals surface area contributed by atoms with Gasteiger partial charge in [-0.3, -0.25) is 4.79 Å². The number of aliphatic hydroxyl groups excluding tert-OH is 1. The molecule has 4 rings (SSSR count). The van der Waals surface area contributed by atoms with Gasteiger partial charge in [-0.25, -0.2) is 4.79 Å². The molecule has 0 saturated heterocycles. The van der Waals surface area contributed by atoms with E-state index >= 15 is 0 Å². The second-order valence-corrected chi connectivity index (χ2v) is 7.07. The van der Waals surface area contributed by atoms with Crippen LogP contribution in [-0.2, 0) is 21.6 Å². The van der Waals surface area contributed by atoms with Gasteiger partial charge >= 0.3 is 5.97 Å². The molecule has 6 heteroatoms. The third-order valence-electron chi connectivity index (χ3n) is 5.26. The zero-order valence-corrected chi connectivity index (χ0v) is 15.5. The molecule has 6 nitrogen and oxygen atoms in total. The van der Waals surface area contributed by atoms with Gasteiger partial charge in [0.1, 0.15) is 6.10 Å². The van der Waals surface area contributed by atoms with Crippen molar-refractivity contribution in [3.63, 3.8) is 0 Å². The quantitative estimate of drug-likeness (QED) is 0.469. The highest BCUT2D eigenvalue weighted by atomic mass is 16.6. The molecule has 0 fully saturated rings. The second-order valence-electron chi connectivity index (χ2n) is 7.07. The molecule has 5 N–H and O–H groups in total. The zero-order valence-electron chi connectivity index (χ0n) is 15.5. The molecule has 0 aromatic heterocycles. The lowest BCUT2D eigenvalue weighted by Crippen LogP contribution is -2.51. The number of ether oxygens (including phenoxy) is 1. The van der Waals surface area contributed by atoms with E-state index in [4.69, 9.17) is 16.2 Å². The molecule has 2 atom stereocenters. The van der Waals surface area contributed by atoms with E-state index in [1.54, 1.807) is 36.4 Å². The van der Waals surface area contributed by atoms with Crippen LogP contribution >= 0.6 is 0 Å². The third-order valence-corrected chi connectivity index (χ3v) is 5.26. The normalized spacial score (nSPS) is 20.1. The number of carbonyl (C=O) groups excluding carboxylic acids is 2. The smallest absolute Gasteiger partial charge is 0.339 e. The number of hydrogen-bond donors (Lipinski definition) is 3. The van der Waals surface area contributed by atoms with Gasteiger partial charge in [-0.2, -0.15) is 0 Å². The zero-order chi connectivity index (χ0) is 20.6. The molecule has 0 radical (unpaired) electrons. The fourth-order valence-corrected chi connectivity index (χ4v) is 3.75. The molecule has 146 valence electrons. The van der Waals surface area contributed by atoms with Gasteiger partial charge in [0.15, 0.2) is 0 Å². The molecular weight excluding hydrogens is 368 g/mol. The van der Waals surface area contributed by atoms with Crippen molar-refractivity contribution in [2.45, 2.75) is 18.1 Å². The number of rotatable bonds is 4. The molecular formula is C23H20N2O4. The maximum absolute atomic E-state index is 12.8. The van der Waals surface area contributed by atoms with Gasteiger partial charge in [0.05, 0.1) is 5.56 Å². The Morgan fingerprint density at radius 1 is 0.966 bits per heavy atom. The summed E-state index contributed by atoms with van der Waals surface area (Å²) in [6, 6.07) is 21.4. The van der Waals surface area contributed by atoms with Crippen molar-refractivity contribution in [3.8, 4) is 11.1 Å². The predicted molar refractivity (Wildman–Crippen MR) is 109 cm³/mol. The first-order valence-corrected chi connectivity index (χ1v) is 9.17. The summed E-state index contributed by atoms with van der Waals surface area (Å²) in [7, 11) is 0. The van der Waals surface area contributed by atoms with Gasteiger partial charge in [0.25, 0.3) is 5.91 Å². The van der Waals surface area contributed by atoms with Crippen LogP contribution in [0.3, 0.4) is 0 Å². The highest BCUT2D eigenvalue weighted by molar-refractivity contribution is 5.95. The molecule has 1 aliphatic carbocycles. The summed E-state index contributed by atoms with van der Waals surface area (Å²) in [6.07, 6.45) is -1.15. The molecule has 3 aromatic rings. The van der Waals surface area contributed by atoms with Crippen LogP contribution in [0.25, 0.3) is 11.1 Å². The standard InChI is InChI=1S/C23H20N2O4/c24-18-11-10-17-12-20(26)23(22(25)28,19(17)13-18)29-21(27)16-8-6-15(7-9-16)14-4-2-1-3-5-14/h1-11,13,20,26H,12,24H2,(H2,25,28). The molecule has 3 aromatic carbocycles. The Balaban J connectivity index is 1.66. The number of aliphatic hydroxyl groups is 1. The van der Waals surface area contributed by atoms with Crippen molar-refractivity contribution < 1.29 is 19.4 Å². The van der Waals surface area contributed by atoms with Crippen molar-refractivity contribution in [2.24, 2.45) is 5.73 Å². The molecule has 0 aliphatic heterocycles. The number of amides is 1. The number of fused-ring (bicyclic) bond motifs is 1. The monoisotopic (exact) mass is 388 g/mol. The number of nitrogens with two attached hydrogens (primary N) is 2. The fourth-order valence-electron chi connectivity index (χ4n) is 3.75. The van der Waals surface area contributed by atoms with Crippen LogP contribution in [0.5, 0.6) is 0 Å². The van der Waals surface area contributed by atoms with E-state index in [0.29, 0.717) is 16.8 Å². The Morgan fingerprint density at radius 3 is 2.28 bits per heavy atom. The van der Waals surface area contributed by atoms with E-state index in [-0.39, 0.29) is 12.0 Å². The van der Waals surface area contributed by atoms with Crippen LogP contribution in [0.1, 0.15) is 21.5 Å². The number of anilines is 1. The Bertz CT molecular complexity index is 1080. The van der Waals surface area contributed by atoms with Gasteiger partial charge in [0, 0.05) is 17.7 Å². The minimum Gasteiger partial charge on any atom is -0.437 e. The number of nitrogen functional groups attached to an aromatic ring is 1. The molecule has 2 unspecified atom stereocenters. The topological polar surface area (TPSA) is 116 Å². The second kappa shape index (κ2) is 7.07. The van der Waals surface area contributed by atoms with E-state index in [1.165, 1.54) is 6.07 Å². The number of benzene rings is 3. The Morgan fingerprint density at radius 2 is 1.62 bits per heavy atom. The first-order valence-electron chi connectivity index (χ1n) is 9.17. The van der Waals surface area contributed by atoms with Crippen molar-refractivity contribution in [1.82, 2.24) is 0 Å². The molecule has 1 aliphatic rings. The van der Waals surface area contributed by atoms with E-state index in [2.05, 4.69) is 0 Å². The Kier molecular flexibility index (Phi) is 4.56. The average Bonchev–Trinajstić information content (AvgIpc) is 3.00. The minimum atomic E-state index is -1.97. The maximum atomic E-state index is 12.8. The van der Waals surface area contributed by atoms with E-state index in [1.807, 2.05) is 30.3 Å². The molecule has 0 bridgehead atoms. The van der Waals surface area contributed by atoms with Crippen molar-refractivity contribution in [2.75, 3.05) is 5.73 Å². The van der Waals surface area contributed by atoms with E-state index in [0.717, 1.165) is 11.1 Å². The molecule has 0 heterocycles. The lowest BCUT2D eigenvalue weighted by atomic mass is 9.92. The fraction of sp³-hybridized carbons (Fsp3) is 0.130. The minimum absolute atomic E-state index is 0.138. The van der Waals surface area contributed by atoms with Gasteiger partial charge in [-0.15, -0.1) is 0 Å². The van der Waals surface area contributed by atoms with E-state index < -0.39 is 23.6 Å². The Labute approximate surface area is 167 Å². The lowest BCUT2D eigenvalue weighted by Gasteiger charge is -2.30. The summed E-state index contributed by atoms with van der Waals surface area (Å²) in [5, 5.41) is 10.6. The summed E-state index contributed by atoms with van der Waals surface area (Å²) < 4.78 is 5.57. The van der Waals surface area contributed by atoms with Crippen molar-refractivity contribution >= 4 is 17.6 Å². The van der Waals surface area contributed by atoms with Crippen LogP contribution in [0.15, 0.2) is 72.8 Å². The van der Waals surface area contributed by atoms with E-state index in [9.17, 15) is 14.7 Å². The van der Waals surface area contributed by atoms with Gasteiger partial charge < -0.3 is 21.3 Å². The molecule has 0 spiro atoms. The summed E-state index contributed by atoms with van der Waals surface area (Å²) in [5.74, 6) is -1.69. The predicted octanol–water partition coefficient (Wildman–Crippen LogP) is 2.39. The van der Waals surface area contributed by atoms with Crippen molar-refractivity contribution in [3.05, 3.63) is 89.5 Å². The average molecular weight is 388 g/mol. The highest BCUT2D eigenvalue weighted by Gasteiger charge is 2.55. The van der Waals surface area contributed by atoms with Gasteiger partial charge in [-0.1, -0.05) is 48.5 Å². The number of carbonyl (C=O) groups is 2.